The average molecular weight is 209 g/mol. The van der Waals surface area contributed by atoms with Crippen molar-refractivity contribution >= 4 is 11.5 Å². The van der Waals surface area contributed by atoms with Crippen LogP contribution in [0.25, 0.3) is 0 Å². The van der Waals surface area contributed by atoms with E-state index in [4.69, 9.17) is 0 Å². The van der Waals surface area contributed by atoms with Crippen LogP contribution in [0.15, 0.2) is 0 Å². The second-order valence-corrected chi connectivity index (χ2v) is 5.43. The lowest BCUT2D eigenvalue weighted by Gasteiger charge is -2.25. The highest BCUT2D eigenvalue weighted by Gasteiger charge is 2.44. The maximum absolute atomic E-state index is 4.53. The number of nitrogens with zero attached hydrogens (tertiary/aromatic N) is 3. The van der Waals surface area contributed by atoms with Crippen molar-refractivity contribution in [3.8, 4) is 0 Å². The Morgan fingerprint density at radius 3 is 2.79 bits per heavy atom. The molecule has 0 spiro atoms. The van der Waals surface area contributed by atoms with Crippen molar-refractivity contribution in [1.29, 1.82) is 0 Å². The van der Waals surface area contributed by atoms with Gasteiger partial charge in [-0.1, -0.05) is 6.92 Å². The van der Waals surface area contributed by atoms with E-state index in [1.165, 1.54) is 24.6 Å². The lowest BCUT2D eigenvalue weighted by Crippen LogP contribution is -2.27. The van der Waals surface area contributed by atoms with Gasteiger partial charge < -0.3 is 4.90 Å². The van der Waals surface area contributed by atoms with Gasteiger partial charge in [0.25, 0.3) is 0 Å². The van der Waals surface area contributed by atoms with Crippen molar-refractivity contribution in [3.63, 3.8) is 0 Å². The molecule has 2 aliphatic heterocycles. The normalized spacial score (nSPS) is 40.7. The smallest absolute Gasteiger partial charge is 0.139 e. The quantitative estimate of drug-likeness (QED) is 0.702. The van der Waals surface area contributed by atoms with Gasteiger partial charge in [0.15, 0.2) is 0 Å². The predicted molar refractivity (Wildman–Crippen MR) is 56.5 cm³/mol. The first-order valence-corrected chi connectivity index (χ1v) is 6.04. The maximum atomic E-state index is 4.53. The van der Waals surface area contributed by atoms with Gasteiger partial charge in [0.1, 0.15) is 10.8 Å². The Balaban J connectivity index is 1.87. The zero-order chi connectivity index (χ0) is 9.71. The van der Waals surface area contributed by atoms with E-state index >= 15 is 0 Å². The molecular formula is C10H15N3S. The summed E-state index contributed by atoms with van der Waals surface area (Å²) in [6.07, 6.45) is 0. The molecule has 0 aromatic carbocycles. The molecule has 76 valence electrons. The molecule has 0 saturated carbocycles. The minimum Gasteiger partial charge on any atom is -0.302 e. The van der Waals surface area contributed by atoms with Crippen molar-refractivity contribution in [1.82, 2.24) is 14.3 Å². The van der Waals surface area contributed by atoms with Crippen LogP contribution in [0, 0.1) is 18.8 Å². The Morgan fingerprint density at radius 1 is 1.36 bits per heavy atom. The van der Waals surface area contributed by atoms with Gasteiger partial charge in [-0.2, -0.15) is 4.37 Å². The van der Waals surface area contributed by atoms with Gasteiger partial charge in [-0.15, -0.1) is 0 Å². The number of aromatic nitrogens is 2. The lowest BCUT2D eigenvalue weighted by molar-refractivity contribution is 0.288. The summed E-state index contributed by atoms with van der Waals surface area (Å²) in [7, 11) is 0. The van der Waals surface area contributed by atoms with Crippen molar-refractivity contribution < 1.29 is 0 Å². The van der Waals surface area contributed by atoms with E-state index in [1.54, 1.807) is 11.5 Å². The number of aryl methyl sites for hydroxylation is 1. The third-order valence-electron chi connectivity index (χ3n) is 3.58. The molecule has 3 rings (SSSR count). The summed E-state index contributed by atoms with van der Waals surface area (Å²) < 4.78 is 4.28. The fourth-order valence-corrected chi connectivity index (χ4v) is 3.73. The summed E-state index contributed by atoms with van der Waals surface area (Å²) in [6.45, 7) is 8.13. The number of hydrogen-bond donors (Lipinski definition) is 0. The van der Waals surface area contributed by atoms with E-state index < -0.39 is 0 Å². The fourth-order valence-electron chi connectivity index (χ4n) is 2.91. The zero-order valence-corrected chi connectivity index (χ0v) is 9.42. The van der Waals surface area contributed by atoms with Crippen molar-refractivity contribution in [2.45, 2.75) is 19.8 Å². The first-order chi connectivity index (χ1) is 6.74. The fraction of sp³-hybridized carbons (Fsp3) is 0.800. The Bertz CT molecular complexity index is 349. The molecule has 4 heteroatoms. The molecule has 0 radical (unpaired) electrons. The Kier molecular flexibility index (Phi) is 1.89. The van der Waals surface area contributed by atoms with Gasteiger partial charge >= 0.3 is 0 Å². The van der Waals surface area contributed by atoms with Crippen LogP contribution in [0.1, 0.15) is 23.7 Å². The topological polar surface area (TPSA) is 29.0 Å². The first-order valence-electron chi connectivity index (χ1n) is 5.26. The Labute approximate surface area is 88.3 Å². The minimum atomic E-state index is 0.671. The van der Waals surface area contributed by atoms with Crippen LogP contribution in [0.2, 0.25) is 0 Å². The SMILES string of the molecule is Cc1nsc(C2CN3CC(C)C2C3)n1. The highest BCUT2D eigenvalue weighted by molar-refractivity contribution is 7.05. The first kappa shape index (κ1) is 8.80. The largest absolute Gasteiger partial charge is 0.302 e. The number of rotatable bonds is 1. The molecule has 2 fully saturated rings. The third-order valence-corrected chi connectivity index (χ3v) is 4.51. The van der Waals surface area contributed by atoms with E-state index in [-0.39, 0.29) is 0 Å². The van der Waals surface area contributed by atoms with Crippen LogP contribution in [-0.2, 0) is 0 Å². The predicted octanol–water partition coefficient (Wildman–Crippen LogP) is 1.51. The summed E-state index contributed by atoms with van der Waals surface area (Å²) >= 11 is 1.60. The average Bonchev–Trinajstić information content (AvgIpc) is 2.77. The lowest BCUT2D eigenvalue weighted by atomic mass is 9.85. The summed E-state index contributed by atoms with van der Waals surface area (Å²) in [5, 5.41) is 1.27. The molecule has 0 aliphatic carbocycles. The van der Waals surface area contributed by atoms with Crippen LogP contribution in [0.5, 0.6) is 0 Å². The second-order valence-electron chi connectivity index (χ2n) is 4.65. The summed E-state index contributed by atoms with van der Waals surface area (Å²) in [5.74, 6) is 3.29. The van der Waals surface area contributed by atoms with Gasteiger partial charge in [-0.25, -0.2) is 4.98 Å². The standard InChI is InChI=1S/C10H15N3S/c1-6-3-13-4-8(6)9(5-13)10-11-7(2)12-14-10/h6,8-9H,3-5H2,1-2H3. The maximum Gasteiger partial charge on any atom is 0.139 e. The van der Waals surface area contributed by atoms with Gasteiger partial charge in [0, 0.05) is 25.6 Å². The van der Waals surface area contributed by atoms with E-state index in [0.29, 0.717) is 5.92 Å². The van der Waals surface area contributed by atoms with E-state index in [1.807, 2.05) is 6.92 Å². The number of hydrogen-bond acceptors (Lipinski definition) is 4. The van der Waals surface area contributed by atoms with Crippen LogP contribution in [0.3, 0.4) is 0 Å². The highest BCUT2D eigenvalue weighted by atomic mass is 32.1. The highest BCUT2D eigenvalue weighted by Crippen LogP contribution is 2.43. The van der Waals surface area contributed by atoms with Crippen molar-refractivity contribution in [2.75, 3.05) is 19.6 Å². The molecule has 0 amide bonds. The second kappa shape index (κ2) is 3.00. The molecule has 1 aromatic rings. The molecular weight excluding hydrogens is 194 g/mol. The van der Waals surface area contributed by atoms with Crippen LogP contribution < -0.4 is 0 Å². The molecule has 2 aliphatic rings. The minimum absolute atomic E-state index is 0.671. The van der Waals surface area contributed by atoms with Crippen LogP contribution in [0.4, 0.5) is 0 Å². The molecule has 3 heterocycles. The Morgan fingerprint density at radius 2 is 2.21 bits per heavy atom. The molecule has 0 N–H and O–H groups in total. The van der Waals surface area contributed by atoms with Gasteiger partial charge in [-0.3, -0.25) is 0 Å². The van der Waals surface area contributed by atoms with Crippen molar-refractivity contribution in [2.24, 2.45) is 11.8 Å². The van der Waals surface area contributed by atoms with Crippen LogP contribution in [-0.4, -0.2) is 33.9 Å². The summed E-state index contributed by atoms with van der Waals surface area (Å²) in [4.78, 5) is 7.09. The number of fused-ring (bicyclic) bond motifs is 2. The van der Waals surface area contributed by atoms with Gasteiger partial charge in [0.2, 0.25) is 0 Å². The molecule has 14 heavy (non-hydrogen) atoms. The monoisotopic (exact) mass is 209 g/mol. The van der Waals surface area contributed by atoms with E-state index in [9.17, 15) is 0 Å². The third kappa shape index (κ3) is 1.21. The molecule has 4 unspecified atom stereocenters. The molecule has 2 bridgehead atoms. The molecule has 3 nitrogen and oxygen atoms in total. The van der Waals surface area contributed by atoms with Gasteiger partial charge in [-0.05, 0) is 30.3 Å². The van der Waals surface area contributed by atoms with Crippen molar-refractivity contribution in [3.05, 3.63) is 10.8 Å². The number of piperidine rings is 1. The molecule has 2 saturated heterocycles. The van der Waals surface area contributed by atoms with E-state index in [0.717, 1.165) is 17.7 Å². The van der Waals surface area contributed by atoms with E-state index in [2.05, 4.69) is 21.2 Å². The molecule has 4 atom stereocenters. The van der Waals surface area contributed by atoms with Crippen LogP contribution >= 0.6 is 11.5 Å². The molecule has 1 aromatic heterocycles. The summed E-state index contributed by atoms with van der Waals surface area (Å²) in [6, 6.07) is 0. The summed E-state index contributed by atoms with van der Waals surface area (Å²) in [5.41, 5.74) is 0. The zero-order valence-electron chi connectivity index (χ0n) is 8.60. The Hall–Kier alpha value is -0.480. The van der Waals surface area contributed by atoms with Gasteiger partial charge in [0.05, 0.1) is 0 Å².